The van der Waals surface area contributed by atoms with Crippen molar-refractivity contribution in [1.82, 2.24) is 4.90 Å². The molecule has 5 heteroatoms. The predicted molar refractivity (Wildman–Crippen MR) is 82.4 cm³/mol. The average Bonchev–Trinajstić information content (AvgIpc) is 3.08. The Kier molecular flexibility index (Phi) is 5.27. The minimum atomic E-state index is 0.0254. The second-order valence-corrected chi connectivity index (χ2v) is 6.76. The lowest BCUT2D eigenvalue weighted by atomic mass is 9.98. The molecule has 0 aromatic carbocycles. The zero-order valence-corrected chi connectivity index (χ0v) is 13.1. The van der Waals surface area contributed by atoms with Crippen LogP contribution in [0.15, 0.2) is 17.5 Å². The average molecular weight is 309 g/mol. The summed E-state index contributed by atoms with van der Waals surface area (Å²) in [4.78, 5) is 15.4. The van der Waals surface area contributed by atoms with Gasteiger partial charge in [-0.25, -0.2) is 0 Å². The van der Waals surface area contributed by atoms with E-state index >= 15 is 0 Å². The van der Waals surface area contributed by atoms with Crippen molar-refractivity contribution in [1.29, 1.82) is 0 Å². The highest BCUT2D eigenvalue weighted by molar-refractivity contribution is 7.10. The third kappa shape index (κ3) is 4.05. The largest absolute Gasteiger partial charge is 0.369 e. The van der Waals surface area contributed by atoms with Crippen LogP contribution in [0.5, 0.6) is 0 Å². The van der Waals surface area contributed by atoms with Crippen LogP contribution in [-0.2, 0) is 14.3 Å². The molecular weight excluding hydrogens is 286 g/mol. The maximum Gasteiger partial charge on any atom is 0.248 e. The molecule has 1 aromatic heterocycles. The molecule has 1 unspecified atom stereocenters. The molecule has 1 saturated heterocycles. The summed E-state index contributed by atoms with van der Waals surface area (Å²) < 4.78 is 11.6. The van der Waals surface area contributed by atoms with Crippen LogP contribution in [-0.4, -0.2) is 43.2 Å². The van der Waals surface area contributed by atoms with Crippen LogP contribution in [0.25, 0.3) is 0 Å². The van der Waals surface area contributed by atoms with Crippen molar-refractivity contribution in [3.8, 4) is 0 Å². The van der Waals surface area contributed by atoms with Crippen LogP contribution in [0.1, 0.15) is 43.1 Å². The van der Waals surface area contributed by atoms with Crippen molar-refractivity contribution in [2.24, 2.45) is 0 Å². The van der Waals surface area contributed by atoms with E-state index in [9.17, 15) is 4.79 Å². The Morgan fingerprint density at radius 1 is 1.38 bits per heavy atom. The van der Waals surface area contributed by atoms with Gasteiger partial charge in [0.2, 0.25) is 5.91 Å². The highest BCUT2D eigenvalue weighted by Crippen LogP contribution is 2.26. The first-order valence-corrected chi connectivity index (χ1v) is 8.75. The lowest BCUT2D eigenvalue weighted by molar-refractivity contribution is -0.146. The summed E-state index contributed by atoms with van der Waals surface area (Å²) in [5.41, 5.74) is 0. The Hall–Kier alpha value is -0.910. The monoisotopic (exact) mass is 309 g/mol. The molecule has 2 heterocycles. The maximum atomic E-state index is 12.3. The van der Waals surface area contributed by atoms with Crippen molar-refractivity contribution >= 4 is 17.2 Å². The number of morpholine rings is 1. The van der Waals surface area contributed by atoms with E-state index in [0.717, 1.165) is 12.8 Å². The minimum Gasteiger partial charge on any atom is -0.369 e. The number of rotatable bonds is 4. The van der Waals surface area contributed by atoms with Gasteiger partial charge in [0.05, 0.1) is 19.3 Å². The number of ether oxygens (including phenoxy) is 2. The Morgan fingerprint density at radius 3 is 3.00 bits per heavy atom. The van der Waals surface area contributed by atoms with E-state index in [4.69, 9.17) is 9.47 Å². The van der Waals surface area contributed by atoms with Gasteiger partial charge in [-0.1, -0.05) is 25.3 Å². The third-order valence-corrected chi connectivity index (χ3v) is 5.24. The fraction of sp³-hybridized carbons (Fsp3) is 0.688. The van der Waals surface area contributed by atoms with E-state index < -0.39 is 0 Å². The smallest absolute Gasteiger partial charge is 0.248 e. The van der Waals surface area contributed by atoms with Gasteiger partial charge in [0, 0.05) is 11.4 Å². The third-order valence-electron chi connectivity index (χ3n) is 4.27. The SMILES string of the molecule is O=C(COC1CCCCC1)N1CCOC(c2cccs2)C1. The van der Waals surface area contributed by atoms with E-state index in [0.29, 0.717) is 19.7 Å². The molecule has 1 aromatic rings. The zero-order chi connectivity index (χ0) is 14.5. The summed E-state index contributed by atoms with van der Waals surface area (Å²) in [6.07, 6.45) is 6.30. The Balaban J connectivity index is 1.47. The molecule has 0 N–H and O–H groups in total. The molecule has 116 valence electrons. The maximum absolute atomic E-state index is 12.3. The zero-order valence-electron chi connectivity index (χ0n) is 12.3. The molecule has 4 nitrogen and oxygen atoms in total. The summed E-state index contributed by atoms with van der Waals surface area (Å²) in [7, 11) is 0. The number of carbonyl (C=O) groups is 1. The summed E-state index contributed by atoms with van der Waals surface area (Å²) in [5.74, 6) is 0.102. The van der Waals surface area contributed by atoms with Gasteiger partial charge in [0.1, 0.15) is 12.7 Å². The Morgan fingerprint density at radius 2 is 2.24 bits per heavy atom. The lowest BCUT2D eigenvalue weighted by Gasteiger charge is -2.33. The second kappa shape index (κ2) is 7.38. The highest BCUT2D eigenvalue weighted by atomic mass is 32.1. The number of hydrogen-bond donors (Lipinski definition) is 0. The van der Waals surface area contributed by atoms with E-state index in [2.05, 4.69) is 6.07 Å². The molecule has 1 saturated carbocycles. The highest BCUT2D eigenvalue weighted by Gasteiger charge is 2.26. The first kappa shape index (κ1) is 15.0. The van der Waals surface area contributed by atoms with E-state index in [1.54, 1.807) is 11.3 Å². The molecule has 1 aliphatic heterocycles. The number of amides is 1. The minimum absolute atomic E-state index is 0.0254. The van der Waals surface area contributed by atoms with Gasteiger partial charge in [-0.05, 0) is 24.3 Å². The van der Waals surface area contributed by atoms with Crippen LogP contribution in [0.2, 0.25) is 0 Å². The predicted octanol–water partition coefficient (Wildman–Crippen LogP) is 3.00. The second-order valence-electron chi connectivity index (χ2n) is 5.79. The molecule has 3 rings (SSSR count). The molecule has 1 aliphatic carbocycles. The normalized spacial score (nSPS) is 24.2. The Bertz CT molecular complexity index is 442. The molecule has 2 aliphatic rings. The van der Waals surface area contributed by atoms with Gasteiger partial charge in [0.15, 0.2) is 0 Å². The lowest BCUT2D eigenvalue weighted by Crippen LogP contribution is -2.44. The van der Waals surface area contributed by atoms with Gasteiger partial charge in [0.25, 0.3) is 0 Å². The van der Waals surface area contributed by atoms with Crippen LogP contribution < -0.4 is 0 Å². The van der Waals surface area contributed by atoms with E-state index in [1.165, 1.54) is 24.1 Å². The number of nitrogens with zero attached hydrogens (tertiary/aromatic N) is 1. The van der Waals surface area contributed by atoms with Crippen LogP contribution >= 0.6 is 11.3 Å². The topological polar surface area (TPSA) is 38.8 Å². The van der Waals surface area contributed by atoms with Crippen molar-refractivity contribution in [2.75, 3.05) is 26.3 Å². The summed E-state index contributed by atoms with van der Waals surface area (Å²) in [6.45, 7) is 2.15. The fourth-order valence-electron chi connectivity index (χ4n) is 3.03. The fourth-order valence-corrected chi connectivity index (χ4v) is 3.80. The first-order valence-electron chi connectivity index (χ1n) is 7.87. The number of thiophene rings is 1. The van der Waals surface area contributed by atoms with Gasteiger partial charge in [-0.3, -0.25) is 4.79 Å². The van der Waals surface area contributed by atoms with Gasteiger partial charge < -0.3 is 14.4 Å². The molecule has 1 amide bonds. The Labute approximate surface area is 130 Å². The standard InChI is InChI=1S/C16H23NO3S/c18-16(12-20-13-5-2-1-3-6-13)17-8-9-19-14(11-17)15-7-4-10-21-15/h4,7,10,13-14H,1-3,5-6,8-9,11-12H2. The van der Waals surface area contributed by atoms with Gasteiger partial charge in [-0.15, -0.1) is 11.3 Å². The number of hydrogen-bond acceptors (Lipinski definition) is 4. The number of carbonyl (C=O) groups excluding carboxylic acids is 1. The first-order chi connectivity index (χ1) is 10.3. The van der Waals surface area contributed by atoms with Crippen LogP contribution in [0.3, 0.4) is 0 Å². The van der Waals surface area contributed by atoms with E-state index in [1.807, 2.05) is 16.3 Å². The van der Waals surface area contributed by atoms with Crippen molar-refractivity contribution in [3.63, 3.8) is 0 Å². The molecular formula is C16H23NO3S. The van der Waals surface area contributed by atoms with Crippen molar-refractivity contribution in [2.45, 2.75) is 44.3 Å². The molecule has 0 radical (unpaired) electrons. The van der Waals surface area contributed by atoms with E-state index in [-0.39, 0.29) is 24.7 Å². The summed E-state index contributed by atoms with van der Waals surface area (Å²) in [6, 6.07) is 4.10. The van der Waals surface area contributed by atoms with Crippen LogP contribution in [0, 0.1) is 0 Å². The molecule has 21 heavy (non-hydrogen) atoms. The van der Waals surface area contributed by atoms with Crippen molar-refractivity contribution < 1.29 is 14.3 Å². The van der Waals surface area contributed by atoms with Gasteiger partial charge >= 0.3 is 0 Å². The van der Waals surface area contributed by atoms with Crippen molar-refractivity contribution in [3.05, 3.63) is 22.4 Å². The molecule has 0 bridgehead atoms. The van der Waals surface area contributed by atoms with Gasteiger partial charge in [-0.2, -0.15) is 0 Å². The quantitative estimate of drug-likeness (QED) is 0.858. The van der Waals surface area contributed by atoms with Crippen LogP contribution in [0.4, 0.5) is 0 Å². The molecule has 1 atom stereocenters. The molecule has 0 spiro atoms. The molecule has 2 fully saturated rings. The summed E-state index contributed by atoms with van der Waals surface area (Å²) in [5, 5.41) is 2.05. The summed E-state index contributed by atoms with van der Waals surface area (Å²) >= 11 is 1.69.